The van der Waals surface area contributed by atoms with Gasteiger partial charge in [0.1, 0.15) is 4.21 Å². The summed E-state index contributed by atoms with van der Waals surface area (Å²) in [5, 5.41) is 2.47. The van der Waals surface area contributed by atoms with Crippen molar-refractivity contribution in [2.45, 2.75) is 16.9 Å². The van der Waals surface area contributed by atoms with Gasteiger partial charge in [0.25, 0.3) is 10.0 Å². The number of hydrogen-bond acceptors (Lipinski definition) is 4. The van der Waals surface area contributed by atoms with Crippen LogP contribution in [0.1, 0.15) is 11.1 Å². The molecule has 2 rings (SSSR count). The zero-order chi connectivity index (χ0) is 19.5. The third-order valence-corrected chi connectivity index (χ3v) is 6.85. The van der Waals surface area contributed by atoms with Crippen LogP contribution in [0.25, 0.3) is 0 Å². The zero-order valence-electron chi connectivity index (χ0n) is 13.4. The van der Waals surface area contributed by atoms with Crippen LogP contribution in [0.5, 0.6) is 0 Å². The van der Waals surface area contributed by atoms with Crippen LogP contribution in [0, 0.1) is 0 Å². The standard InChI is InChI=1S/C15H14ClF3N2O3S2/c1-21(26(23,24)14-7-6-12(16)25-14)9-13(22)20-8-10-2-4-11(5-3-10)15(17,18)19/h2-7H,8-9H2,1H3,(H,20,22). The number of likely N-dealkylation sites (N-methyl/N-ethyl adjacent to an activating group) is 1. The third kappa shape index (κ3) is 5.19. The van der Waals surface area contributed by atoms with Gasteiger partial charge < -0.3 is 5.32 Å². The lowest BCUT2D eigenvalue weighted by Crippen LogP contribution is -2.37. The molecular weight excluding hydrogens is 413 g/mol. The molecule has 1 aromatic heterocycles. The molecule has 1 heterocycles. The summed E-state index contributed by atoms with van der Waals surface area (Å²) in [6.45, 7) is -0.450. The maximum Gasteiger partial charge on any atom is 0.416 e. The normalized spacial score (nSPS) is 12.4. The van der Waals surface area contributed by atoms with Crippen molar-refractivity contribution in [3.63, 3.8) is 0 Å². The SMILES string of the molecule is CN(CC(=O)NCc1ccc(C(F)(F)F)cc1)S(=O)(=O)c1ccc(Cl)s1. The molecule has 5 nitrogen and oxygen atoms in total. The molecule has 0 saturated carbocycles. The van der Waals surface area contributed by atoms with Crippen molar-refractivity contribution in [2.24, 2.45) is 0 Å². The van der Waals surface area contributed by atoms with Crippen molar-refractivity contribution in [3.05, 3.63) is 51.9 Å². The van der Waals surface area contributed by atoms with Crippen LogP contribution in [-0.4, -0.2) is 32.2 Å². The lowest BCUT2D eigenvalue weighted by molar-refractivity contribution is -0.137. The number of rotatable bonds is 6. The number of alkyl halides is 3. The molecule has 0 atom stereocenters. The van der Waals surface area contributed by atoms with Crippen molar-refractivity contribution >= 4 is 38.9 Å². The van der Waals surface area contributed by atoms with E-state index in [1.165, 1.54) is 31.3 Å². The molecule has 0 saturated heterocycles. The van der Waals surface area contributed by atoms with Gasteiger partial charge in [0.05, 0.1) is 16.4 Å². The number of amides is 1. The highest BCUT2D eigenvalue weighted by Crippen LogP contribution is 2.29. The molecule has 0 fully saturated rings. The van der Waals surface area contributed by atoms with E-state index >= 15 is 0 Å². The van der Waals surface area contributed by atoms with E-state index in [4.69, 9.17) is 11.6 Å². The van der Waals surface area contributed by atoms with E-state index < -0.39 is 34.2 Å². The second-order valence-corrected chi connectivity index (χ2v) is 9.28. The highest BCUT2D eigenvalue weighted by Gasteiger charge is 2.30. The van der Waals surface area contributed by atoms with Crippen molar-refractivity contribution in [1.29, 1.82) is 0 Å². The van der Waals surface area contributed by atoms with Gasteiger partial charge in [-0.1, -0.05) is 23.7 Å². The molecule has 1 N–H and O–H groups in total. The number of nitrogens with one attached hydrogen (secondary N) is 1. The maximum atomic E-state index is 12.5. The first kappa shape index (κ1) is 20.7. The molecule has 0 unspecified atom stereocenters. The summed E-state index contributed by atoms with van der Waals surface area (Å²) in [4.78, 5) is 11.9. The number of thiophene rings is 1. The molecule has 11 heteroatoms. The molecule has 0 aliphatic heterocycles. The van der Waals surface area contributed by atoms with Crippen LogP contribution in [0.3, 0.4) is 0 Å². The van der Waals surface area contributed by atoms with Crippen LogP contribution in [0.4, 0.5) is 13.2 Å². The van der Waals surface area contributed by atoms with Crippen LogP contribution in [-0.2, 0) is 27.5 Å². The molecule has 0 spiro atoms. The van der Waals surface area contributed by atoms with Crippen LogP contribution < -0.4 is 5.32 Å². The van der Waals surface area contributed by atoms with Gasteiger partial charge in [0, 0.05) is 13.6 Å². The highest BCUT2D eigenvalue weighted by molar-refractivity contribution is 7.91. The van der Waals surface area contributed by atoms with Gasteiger partial charge in [-0.05, 0) is 29.8 Å². The number of hydrogen-bond donors (Lipinski definition) is 1. The van der Waals surface area contributed by atoms with Crippen LogP contribution >= 0.6 is 22.9 Å². The number of nitrogens with zero attached hydrogens (tertiary/aromatic N) is 1. The predicted octanol–water partition coefficient (Wildman–Crippen LogP) is 3.36. The minimum absolute atomic E-state index is 0.0144. The Balaban J connectivity index is 1.92. The van der Waals surface area contributed by atoms with Gasteiger partial charge in [-0.15, -0.1) is 11.3 Å². The van der Waals surface area contributed by atoms with Gasteiger partial charge >= 0.3 is 6.18 Å². The minimum Gasteiger partial charge on any atom is -0.351 e. The number of carbonyl (C=O) groups is 1. The largest absolute Gasteiger partial charge is 0.416 e. The number of carbonyl (C=O) groups excluding carboxylic acids is 1. The van der Waals surface area contributed by atoms with E-state index in [-0.39, 0.29) is 10.8 Å². The van der Waals surface area contributed by atoms with E-state index in [0.29, 0.717) is 9.90 Å². The lowest BCUT2D eigenvalue weighted by Gasteiger charge is -2.15. The number of halogens is 4. The van der Waals surface area contributed by atoms with Gasteiger partial charge in [-0.25, -0.2) is 8.42 Å². The van der Waals surface area contributed by atoms with E-state index in [9.17, 15) is 26.4 Å². The monoisotopic (exact) mass is 426 g/mol. The molecule has 1 amide bonds. The van der Waals surface area contributed by atoms with Gasteiger partial charge in [0.2, 0.25) is 5.91 Å². The lowest BCUT2D eigenvalue weighted by atomic mass is 10.1. The Labute approximate surface area is 157 Å². The predicted molar refractivity (Wildman–Crippen MR) is 92.4 cm³/mol. The maximum absolute atomic E-state index is 12.5. The molecule has 1 aromatic carbocycles. The Hall–Kier alpha value is -1.62. The molecule has 26 heavy (non-hydrogen) atoms. The molecule has 0 aliphatic rings. The second kappa shape index (κ2) is 7.95. The Morgan fingerprint density at radius 2 is 1.81 bits per heavy atom. The number of sulfonamides is 1. The Morgan fingerprint density at radius 3 is 2.31 bits per heavy atom. The molecule has 0 aliphatic carbocycles. The van der Waals surface area contributed by atoms with Crippen LogP contribution in [0.15, 0.2) is 40.6 Å². The van der Waals surface area contributed by atoms with Gasteiger partial charge in [-0.3, -0.25) is 4.79 Å². The smallest absolute Gasteiger partial charge is 0.351 e. The Morgan fingerprint density at radius 1 is 1.19 bits per heavy atom. The summed E-state index contributed by atoms with van der Waals surface area (Å²) >= 11 is 6.60. The summed E-state index contributed by atoms with van der Waals surface area (Å²) in [7, 11) is -2.59. The summed E-state index contributed by atoms with van der Waals surface area (Å²) in [5.74, 6) is -0.585. The molecule has 2 aromatic rings. The van der Waals surface area contributed by atoms with Crippen molar-refractivity contribution < 1.29 is 26.4 Å². The quantitative estimate of drug-likeness (QED) is 0.770. The molecule has 0 bridgehead atoms. The minimum atomic E-state index is -4.43. The summed E-state index contributed by atoms with van der Waals surface area (Å²) in [6.07, 6.45) is -4.43. The average Bonchev–Trinajstić information content (AvgIpc) is 2.99. The average molecular weight is 427 g/mol. The fraction of sp³-hybridized carbons (Fsp3) is 0.267. The first-order valence-electron chi connectivity index (χ1n) is 7.14. The molecule has 142 valence electrons. The number of benzene rings is 1. The highest BCUT2D eigenvalue weighted by atomic mass is 35.5. The summed E-state index contributed by atoms with van der Waals surface area (Å²) in [6, 6.07) is 7.11. The van der Waals surface area contributed by atoms with E-state index in [0.717, 1.165) is 27.8 Å². The Kier molecular flexibility index (Phi) is 6.33. The first-order valence-corrected chi connectivity index (χ1v) is 9.78. The van der Waals surface area contributed by atoms with Gasteiger partial charge in [0.15, 0.2) is 0 Å². The summed E-state index contributed by atoms with van der Waals surface area (Å²) in [5.41, 5.74) is -0.324. The zero-order valence-corrected chi connectivity index (χ0v) is 15.8. The van der Waals surface area contributed by atoms with Crippen molar-refractivity contribution in [2.75, 3.05) is 13.6 Å². The van der Waals surface area contributed by atoms with E-state index in [2.05, 4.69) is 5.32 Å². The van der Waals surface area contributed by atoms with E-state index in [1.54, 1.807) is 0 Å². The summed E-state index contributed by atoms with van der Waals surface area (Å²) < 4.78 is 63.2. The fourth-order valence-corrected chi connectivity index (χ4v) is 4.77. The molecule has 0 radical (unpaired) electrons. The van der Waals surface area contributed by atoms with Crippen molar-refractivity contribution in [1.82, 2.24) is 9.62 Å². The van der Waals surface area contributed by atoms with Gasteiger partial charge in [-0.2, -0.15) is 17.5 Å². The molecular formula is C15H14ClF3N2O3S2. The second-order valence-electron chi connectivity index (χ2n) is 5.29. The fourth-order valence-electron chi connectivity index (χ4n) is 1.95. The van der Waals surface area contributed by atoms with Crippen molar-refractivity contribution in [3.8, 4) is 0 Å². The first-order chi connectivity index (χ1) is 12.0. The van der Waals surface area contributed by atoms with E-state index in [1.807, 2.05) is 0 Å². The Bertz CT molecular complexity index is 880. The topological polar surface area (TPSA) is 66.5 Å². The third-order valence-electron chi connectivity index (χ3n) is 3.35. The van der Waals surface area contributed by atoms with Crippen LogP contribution in [0.2, 0.25) is 4.34 Å².